The highest BCUT2D eigenvalue weighted by atomic mass is 32.1. The first-order valence-electron chi connectivity index (χ1n) is 3.89. The third-order valence-electron chi connectivity index (χ3n) is 1.79. The number of isothiocyanates is 1. The largest absolute Gasteiger partial charge is 0.394 e. The predicted molar refractivity (Wildman–Crippen MR) is 50.2 cm³/mol. The van der Waals surface area contributed by atoms with Crippen LogP contribution in [0.4, 0.5) is 0 Å². The lowest BCUT2D eigenvalue weighted by Crippen LogP contribution is -2.53. The van der Waals surface area contributed by atoms with Crippen molar-refractivity contribution in [3.8, 4) is 0 Å². The Bertz CT molecular complexity index is 195. The highest BCUT2D eigenvalue weighted by Crippen LogP contribution is 2.14. The van der Waals surface area contributed by atoms with Crippen LogP contribution < -0.4 is 0 Å². The molecule has 0 saturated carbocycles. The Balaban J connectivity index is 0.000000500. The van der Waals surface area contributed by atoms with Gasteiger partial charge in [-0.05, 0) is 12.2 Å². The Hall–Kier alpha value is -0.400. The lowest BCUT2D eigenvalue weighted by Gasteiger charge is -2.34. The van der Waals surface area contributed by atoms with Gasteiger partial charge >= 0.3 is 0 Å². The van der Waals surface area contributed by atoms with Gasteiger partial charge in [-0.2, -0.15) is 0 Å². The molecular formula is C7H13NO5S. The maximum absolute atomic E-state index is 9.11. The molecule has 82 valence electrons. The third kappa shape index (κ3) is 3.77. The van der Waals surface area contributed by atoms with Crippen LogP contribution in [0.25, 0.3) is 0 Å². The Morgan fingerprint density at radius 2 is 1.86 bits per heavy atom. The van der Waals surface area contributed by atoms with E-state index in [1.165, 1.54) is 0 Å². The molecule has 1 aliphatic rings. The topological polar surface area (TPSA) is 114 Å². The number of aliphatic hydroxyl groups is 4. The van der Waals surface area contributed by atoms with Crippen LogP contribution in [0.2, 0.25) is 0 Å². The van der Waals surface area contributed by atoms with E-state index in [1.807, 2.05) is 0 Å². The molecule has 6 nitrogen and oxygen atoms in total. The molecule has 1 rings (SSSR count). The van der Waals surface area contributed by atoms with Crippen molar-refractivity contribution in [2.75, 3.05) is 13.2 Å². The Morgan fingerprint density at radius 3 is 2.29 bits per heavy atom. The maximum Gasteiger partial charge on any atom is 0.111 e. The average Bonchev–Trinajstić information content (AvgIpc) is 2.16. The molecule has 1 saturated heterocycles. The molecule has 0 aromatic rings. The lowest BCUT2D eigenvalue weighted by molar-refractivity contribution is -0.195. The first-order chi connectivity index (χ1) is 6.58. The maximum atomic E-state index is 9.11. The van der Waals surface area contributed by atoms with Crippen LogP contribution in [-0.4, -0.2) is 63.2 Å². The molecule has 1 aliphatic heterocycles. The van der Waals surface area contributed by atoms with Gasteiger partial charge in [-0.15, -0.1) is 0 Å². The molecule has 14 heavy (non-hydrogen) atoms. The van der Waals surface area contributed by atoms with Gasteiger partial charge in [0.05, 0.1) is 18.4 Å². The fraction of sp³-hybridized carbons (Fsp3) is 0.857. The van der Waals surface area contributed by atoms with E-state index in [-0.39, 0.29) is 13.2 Å². The van der Waals surface area contributed by atoms with Crippen molar-refractivity contribution in [2.45, 2.75) is 24.4 Å². The summed E-state index contributed by atoms with van der Waals surface area (Å²) < 4.78 is 4.81. The fourth-order valence-corrected chi connectivity index (χ4v) is 1.03. The van der Waals surface area contributed by atoms with Crippen molar-refractivity contribution >= 4 is 17.4 Å². The summed E-state index contributed by atoms with van der Waals surface area (Å²) in [5, 5.41) is 43.1. The molecule has 0 aliphatic carbocycles. The van der Waals surface area contributed by atoms with E-state index in [4.69, 9.17) is 30.6 Å². The zero-order valence-corrected chi connectivity index (χ0v) is 8.15. The summed E-state index contributed by atoms with van der Waals surface area (Å²) in [4.78, 5) is 0. The lowest BCUT2D eigenvalue weighted by atomic mass is 10.0. The number of nitrogens with one attached hydrogen (secondary N) is 1. The molecule has 0 amide bonds. The quantitative estimate of drug-likeness (QED) is 0.263. The molecule has 0 radical (unpaired) electrons. The van der Waals surface area contributed by atoms with Gasteiger partial charge in [0.2, 0.25) is 0 Å². The van der Waals surface area contributed by atoms with Gasteiger partial charge in [0.15, 0.2) is 0 Å². The van der Waals surface area contributed by atoms with Crippen LogP contribution >= 0.6 is 12.2 Å². The fourth-order valence-electron chi connectivity index (χ4n) is 1.03. The minimum absolute atomic E-state index is 0.0521. The van der Waals surface area contributed by atoms with Crippen LogP contribution in [0.5, 0.6) is 0 Å². The molecule has 0 aromatic carbocycles. The second-order valence-electron chi connectivity index (χ2n) is 2.70. The van der Waals surface area contributed by atoms with E-state index in [2.05, 4.69) is 12.2 Å². The van der Waals surface area contributed by atoms with Crippen molar-refractivity contribution in [3.63, 3.8) is 0 Å². The summed E-state index contributed by atoms with van der Waals surface area (Å²) in [6, 6.07) is 0. The van der Waals surface area contributed by atoms with E-state index in [1.54, 1.807) is 5.16 Å². The normalized spacial score (nSPS) is 36.6. The molecule has 0 unspecified atom stereocenters. The van der Waals surface area contributed by atoms with E-state index in [9.17, 15) is 0 Å². The van der Waals surface area contributed by atoms with E-state index >= 15 is 0 Å². The summed E-state index contributed by atoms with van der Waals surface area (Å²) in [5.41, 5.74) is 0. The van der Waals surface area contributed by atoms with Gasteiger partial charge in [-0.3, -0.25) is 0 Å². The standard InChI is InChI=1S/C6H12O5.CHNS/c7-1-4-6(10)5(9)3(8)2-11-4;2-1-3/h3-10H,1-2H2;2H/t3-,4+,5+,6+;/m0./s1. The highest BCUT2D eigenvalue weighted by molar-refractivity contribution is 7.78. The summed E-state index contributed by atoms with van der Waals surface area (Å²) in [6.45, 7) is -0.408. The van der Waals surface area contributed by atoms with Crippen LogP contribution in [0, 0.1) is 5.41 Å². The molecule has 1 fully saturated rings. The van der Waals surface area contributed by atoms with Gasteiger partial charge in [-0.25, -0.2) is 5.41 Å². The second kappa shape index (κ2) is 6.97. The monoisotopic (exact) mass is 223 g/mol. The molecule has 4 atom stereocenters. The summed E-state index contributed by atoms with van der Waals surface area (Å²) in [5.74, 6) is 0. The predicted octanol–water partition coefficient (Wildman–Crippen LogP) is -1.87. The minimum Gasteiger partial charge on any atom is -0.394 e. The summed E-state index contributed by atoms with van der Waals surface area (Å²) >= 11 is 3.81. The molecule has 0 spiro atoms. The Kier molecular flexibility index (Phi) is 6.77. The third-order valence-corrected chi connectivity index (χ3v) is 1.79. The highest BCUT2D eigenvalue weighted by Gasteiger charge is 2.36. The van der Waals surface area contributed by atoms with E-state index in [0.717, 1.165) is 0 Å². The van der Waals surface area contributed by atoms with Crippen molar-refractivity contribution in [2.24, 2.45) is 0 Å². The zero-order valence-electron chi connectivity index (χ0n) is 7.33. The molecule has 0 bridgehead atoms. The number of rotatable bonds is 1. The van der Waals surface area contributed by atoms with Gasteiger partial charge in [-0.1, -0.05) is 0 Å². The van der Waals surface area contributed by atoms with Crippen molar-refractivity contribution in [3.05, 3.63) is 0 Å². The Labute approximate surface area is 86.3 Å². The zero-order chi connectivity index (χ0) is 11.1. The first kappa shape index (κ1) is 13.6. The number of ether oxygens (including phenoxy) is 1. The number of hydrogen-bond acceptors (Lipinski definition) is 7. The van der Waals surface area contributed by atoms with Gasteiger partial charge in [0, 0.05) is 0 Å². The van der Waals surface area contributed by atoms with Crippen molar-refractivity contribution in [1.29, 1.82) is 5.41 Å². The van der Waals surface area contributed by atoms with Crippen molar-refractivity contribution < 1.29 is 25.2 Å². The second-order valence-corrected chi connectivity index (χ2v) is 2.91. The molecule has 7 heteroatoms. The Morgan fingerprint density at radius 1 is 1.36 bits per heavy atom. The number of hydrogen-bond donors (Lipinski definition) is 5. The van der Waals surface area contributed by atoms with Crippen LogP contribution in [0.1, 0.15) is 0 Å². The van der Waals surface area contributed by atoms with Crippen LogP contribution in [-0.2, 0) is 4.74 Å². The van der Waals surface area contributed by atoms with Gasteiger partial charge < -0.3 is 25.2 Å². The van der Waals surface area contributed by atoms with E-state index < -0.39 is 24.4 Å². The van der Waals surface area contributed by atoms with Gasteiger partial charge in [0.25, 0.3) is 0 Å². The number of aliphatic hydroxyl groups excluding tert-OH is 4. The number of thiocarbonyl (C=S) groups is 1. The van der Waals surface area contributed by atoms with Crippen LogP contribution in [0.3, 0.4) is 0 Å². The minimum atomic E-state index is -1.22. The summed E-state index contributed by atoms with van der Waals surface area (Å²) in [7, 11) is 0. The molecular weight excluding hydrogens is 210 g/mol. The smallest absolute Gasteiger partial charge is 0.111 e. The average molecular weight is 223 g/mol. The summed E-state index contributed by atoms with van der Waals surface area (Å²) in [6.07, 6.45) is -4.27. The first-order valence-corrected chi connectivity index (χ1v) is 4.29. The molecule has 1 heterocycles. The molecule has 5 N–H and O–H groups in total. The molecule has 0 aromatic heterocycles. The van der Waals surface area contributed by atoms with E-state index in [0.29, 0.717) is 0 Å². The van der Waals surface area contributed by atoms with Crippen molar-refractivity contribution in [1.82, 2.24) is 0 Å². The van der Waals surface area contributed by atoms with Crippen LogP contribution in [0.15, 0.2) is 0 Å². The SMILES string of the molecule is N=C=S.OC[C@H]1OC[C@H](O)[C@@H](O)[C@@H]1O. The van der Waals surface area contributed by atoms with Gasteiger partial charge in [0.1, 0.15) is 24.4 Å².